The molecule has 37 heavy (non-hydrogen) atoms. The van der Waals surface area contributed by atoms with Gasteiger partial charge in [0.1, 0.15) is 5.75 Å². The van der Waals surface area contributed by atoms with Crippen LogP contribution in [0.2, 0.25) is 0 Å². The summed E-state index contributed by atoms with van der Waals surface area (Å²) in [6.07, 6.45) is 0.872. The van der Waals surface area contributed by atoms with E-state index in [9.17, 15) is 4.79 Å². The summed E-state index contributed by atoms with van der Waals surface area (Å²) in [4.78, 5) is 19.9. The average Bonchev–Trinajstić information content (AvgIpc) is 3.39. The number of nitrogens with one attached hydrogen (secondary N) is 1. The van der Waals surface area contributed by atoms with Gasteiger partial charge in [-0.05, 0) is 68.7 Å². The molecule has 0 bridgehead atoms. The zero-order valence-corrected chi connectivity index (χ0v) is 21.5. The molecule has 5 rings (SSSR count). The van der Waals surface area contributed by atoms with Crippen LogP contribution in [0.25, 0.3) is 17.0 Å². The molecule has 0 fully saturated rings. The molecule has 0 saturated heterocycles. The molecule has 7 heteroatoms. The van der Waals surface area contributed by atoms with Crippen LogP contribution in [0.5, 0.6) is 5.75 Å². The summed E-state index contributed by atoms with van der Waals surface area (Å²) < 4.78 is 11.4. The monoisotopic (exact) mass is 494 g/mol. The third kappa shape index (κ3) is 4.85. The minimum Gasteiger partial charge on any atom is -0.494 e. The summed E-state index contributed by atoms with van der Waals surface area (Å²) in [5.41, 5.74) is 6.29. The van der Waals surface area contributed by atoms with E-state index in [2.05, 4.69) is 23.5 Å². The number of hydrogen-bond donors (Lipinski definition) is 1. The van der Waals surface area contributed by atoms with E-state index in [4.69, 9.17) is 14.2 Å². The SMILES string of the molecule is CCOc1ccc(C2NC(=O)N(c3cccc(CC)c3)C(C)=C2c2nc(-c3cccc(C)c3)no2)cc1. The largest absolute Gasteiger partial charge is 0.494 e. The summed E-state index contributed by atoms with van der Waals surface area (Å²) >= 11 is 0. The fourth-order valence-electron chi connectivity index (χ4n) is 4.65. The quantitative estimate of drug-likeness (QED) is 0.309. The Morgan fingerprint density at radius 2 is 1.78 bits per heavy atom. The standard InChI is InChI=1S/C30H30N4O3/c1-5-21-10-8-12-24(18-21)34-20(4)26(29-32-28(33-37-29)23-11-7-9-19(3)17-23)27(31-30(34)35)22-13-15-25(16-14-22)36-6-2/h7-18,27H,5-6H2,1-4H3,(H,31,35). The second-order valence-corrected chi connectivity index (χ2v) is 9.04. The van der Waals surface area contributed by atoms with E-state index >= 15 is 0 Å². The smallest absolute Gasteiger partial charge is 0.326 e. The molecule has 7 nitrogen and oxygen atoms in total. The highest BCUT2D eigenvalue weighted by molar-refractivity contribution is 6.01. The highest BCUT2D eigenvalue weighted by atomic mass is 16.5. The Balaban J connectivity index is 1.63. The number of carbonyl (C=O) groups is 1. The molecule has 0 saturated carbocycles. The molecule has 2 heterocycles. The number of amides is 2. The Kier molecular flexibility index (Phi) is 6.77. The van der Waals surface area contributed by atoms with E-state index in [1.165, 1.54) is 0 Å². The van der Waals surface area contributed by atoms with Gasteiger partial charge in [0.2, 0.25) is 5.82 Å². The lowest BCUT2D eigenvalue weighted by molar-refractivity contribution is 0.244. The fourth-order valence-corrected chi connectivity index (χ4v) is 4.65. The molecular formula is C30H30N4O3. The van der Waals surface area contributed by atoms with Crippen LogP contribution in [0, 0.1) is 6.92 Å². The van der Waals surface area contributed by atoms with Gasteiger partial charge in [-0.2, -0.15) is 4.98 Å². The lowest BCUT2D eigenvalue weighted by atomic mass is 9.94. The fraction of sp³-hybridized carbons (Fsp3) is 0.233. The molecule has 3 aromatic carbocycles. The number of carbonyl (C=O) groups excluding carboxylic acids is 1. The first-order valence-corrected chi connectivity index (χ1v) is 12.5. The Morgan fingerprint density at radius 3 is 2.51 bits per heavy atom. The Labute approximate surface area is 216 Å². The van der Waals surface area contributed by atoms with Crippen LogP contribution in [0.15, 0.2) is 83.0 Å². The van der Waals surface area contributed by atoms with Crippen LogP contribution in [0.3, 0.4) is 0 Å². The maximum absolute atomic E-state index is 13.5. The van der Waals surface area contributed by atoms with Gasteiger partial charge in [0.05, 0.1) is 23.9 Å². The van der Waals surface area contributed by atoms with Crippen molar-refractivity contribution in [2.75, 3.05) is 11.5 Å². The number of hydrogen-bond acceptors (Lipinski definition) is 5. The maximum atomic E-state index is 13.5. The third-order valence-corrected chi connectivity index (χ3v) is 6.52. The van der Waals surface area contributed by atoms with Crippen molar-refractivity contribution < 1.29 is 14.1 Å². The van der Waals surface area contributed by atoms with Crippen molar-refractivity contribution in [3.63, 3.8) is 0 Å². The zero-order valence-electron chi connectivity index (χ0n) is 21.5. The van der Waals surface area contributed by atoms with E-state index in [-0.39, 0.29) is 6.03 Å². The Morgan fingerprint density at radius 1 is 1.00 bits per heavy atom. The van der Waals surface area contributed by atoms with Crippen molar-refractivity contribution in [1.29, 1.82) is 0 Å². The summed E-state index contributed by atoms with van der Waals surface area (Å²) in [6, 6.07) is 23.0. The van der Waals surface area contributed by atoms with Gasteiger partial charge >= 0.3 is 6.03 Å². The van der Waals surface area contributed by atoms with Gasteiger partial charge in [-0.25, -0.2) is 4.79 Å². The molecule has 1 aromatic heterocycles. The molecule has 188 valence electrons. The van der Waals surface area contributed by atoms with E-state index in [1.807, 2.05) is 87.5 Å². The number of urea groups is 1. The molecule has 1 atom stereocenters. The summed E-state index contributed by atoms with van der Waals surface area (Å²) in [5.74, 6) is 1.64. The minimum atomic E-state index is -0.473. The number of ether oxygens (including phenoxy) is 1. The second kappa shape index (κ2) is 10.3. The predicted octanol–water partition coefficient (Wildman–Crippen LogP) is 6.71. The molecule has 0 radical (unpaired) electrons. The number of nitrogens with zero attached hydrogens (tertiary/aromatic N) is 3. The molecule has 0 aliphatic carbocycles. The van der Waals surface area contributed by atoms with Crippen molar-refractivity contribution in [1.82, 2.24) is 15.5 Å². The van der Waals surface area contributed by atoms with E-state index in [0.29, 0.717) is 18.3 Å². The summed E-state index contributed by atoms with van der Waals surface area (Å²) in [6.45, 7) is 8.57. The maximum Gasteiger partial charge on any atom is 0.326 e. The van der Waals surface area contributed by atoms with Gasteiger partial charge < -0.3 is 14.6 Å². The minimum absolute atomic E-state index is 0.216. The van der Waals surface area contributed by atoms with Crippen molar-refractivity contribution >= 4 is 17.3 Å². The highest BCUT2D eigenvalue weighted by Crippen LogP contribution is 2.39. The van der Waals surface area contributed by atoms with Gasteiger partial charge in [0.25, 0.3) is 5.89 Å². The van der Waals surface area contributed by atoms with E-state index in [1.54, 1.807) is 4.90 Å². The van der Waals surface area contributed by atoms with Crippen LogP contribution in [-0.2, 0) is 6.42 Å². The first-order valence-electron chi connectivity index (χ1n) is 12.5. The van der Waals surface area contributed by atoms with Crippen molar-refractivity contribution in [3.8, 4) is 17.1 Å². The normalized spacial score (nSPS) is 15.6. The summed E-state index contributed by atoms with van der Waals surface area (Å²) in [5, 5.41) is 7.44. The first-order chi connectivity index (χ1) is 18.0. The molecule has 1 unspecified atom stereocenters. The highest BCUT2D eigenvalue weighted by Gasteiger charge is 2.36. The molecule has 1 N–H and O–H groups in total. The predicted molar refractivity (Wildman–Crippen MR) is 144 cm³/mol. The summed E-state index contributed by atoms with van der Waals surface area (Å²) in [7, 11) is 0. The molecule has 0 spiro atoms. The van der Waals surface area contributed by atoms with Crippen molar-refractivity contribution in [3.05, 3.63) is 101 Å². The van der Waals surface area contributed by atoms with Crippen LogP contribution in [-0.4, -0.2) is 22.8 Å². The average molecular weight is 495 g/mol. The number of aromatic nitrogens is 2. The van der Waals surface area contributed by atoms with Crippen LogP contribution < -0.4 is 15.0 Å². The number of aryl methyl sites for hydroxylation is 2. The molecular weight excluding hydrogens is 464 g/mol. The van der Waals surface area contributed by atoms with Gasteiger partial charge in [-0.15, -0.1) is 0 Å². The van der Waals surface area contributed by atoms with Crippen LogP contribution in [0.1, 0.15) is 49.4 Å². The molecule has 2 amide bonds. The third-order valence-electron chi connectivity index (χ3n) is 6.52. The van der Waals surface area contributed by atoms with E-state index < -0.39 is 6.04 Å². The lowest BCUT2D eigenvalue weighted by Gasteiger charge is -2.35. The van der Waals surface area contributed by atoms with Gasteiger partial charge in [-0.1, -0.05) is 60.1 Å². The number of benzene rings is 3. The van der Waals surface area contributed by atoms with Crippen molar-refractivity contribution in [2.24, 2.45) is 0 Å². The Bertz CT molecular complexity index is 1460. The van der Waals surface area contributed by atoms with Crippen LogP contribution in [0.4, 0.5) is 10.5 Å². The van der Waals surface area contributed by atoms with Crippen LogP contribution >= 0.6 is 0 Å². The van der Waals surface area contributed by atoms with Gasteiger partial charge in [0.15, 0.2) is 0 Å². The second-order valence-electron chi connectivity index (χ2n) is 9.04. The first kappa shape index (κ1) is 24.3. The van der Waals surface area contributed by atoms with E-state index in [0.717, 1.165) is 51.4 Å². The number of anilines is 1. The van der Waals surface area contributed by atoms with Crippen molar-refractivity contribution in [2.45, 2.75) is 40.2 Å². The molecule has 1 aliphatic heterocycles. The number of allylic oxidation sites excluding steroid dienone is 1. The molecule has 1 aliphatic rings. The lowest BCUT2D eigenvalue weighted by Crippen LogP contribution is -2.46. The molecule has 4 aromatic rings. The zero-order chi connectivity index (χ0) is 25.9. The Hall–Kier alpha value is -4.39. The van der Waals surface area contributed by atoms with Gasteiger partial charge in [-0.3, -0.25) is 4.90 Å². The topological polar surface area (TPSA) is 80.5 Å². The van der Waals surface area contributed by atoms with Gasteiger partial charge in [0, 0.05) is 11.3 Å². The number of rotatable bonds is 7.